The smallest absolute Gasteiger partial charge is 0.150 e. The summed E-state index contributed by atoms with van der Waals surface area (Å²) in [5.41, 5.74) is 0.791. The zero-order valence-corrected chi connectivity index (χ0v) is 6.45. The number of halogens is 2. The third-order valence-electron chi connectivity index (χ3n) is 1.10. The maximum Gasteiger partial charge on any atom is 0.150 e. The molecular weight excluding hydrogens is 159 g/mol. The van der Waals surface area contributed by atoms with E-state index < -0.39 is 0 Å². The van der Waals surface area contributed by atoms with Gasteiger partial charge in [-0.2, -0.15) is 5.11 Å². The molecule has 0 bridgehead atoms. The number of nitrogens with zero attached hydrogens (tertiary/aromatic N) is 2. The van der Waals surface area contributed by atoms with Crippen LogP contribution in [0.2, 0.25) is 0 Å². The van der Waals surface area contributed by atoms with E-state index in [-0.39, 0.29) is 5.50 Å². The Hall–Kier alpha value is -0.0800. The lowest BCUT2D eigenvalue weighted by molar-refractivity contribution is 0.777. The number of hydrogen-bond donors (Lipinski definition) is 0. The molecule has 1 unspecified atom stereocenters. The van der Waals surface area contributed by atoms with E-state index in [1.165, 1.54) is 0 Å². The summed E-state index contributed by atoms with van der Waals surface area (Å²) in [6, 6.07) is 0. The van der Waals surface area contributed by atoms with Crippen molar-refractivity contribution in [1.82, 2.24) is 0 Å². The van der Waals surface area contributed by atoms with Crippen molar-refractivity contribution in [3.05, 3.63) is 10.7 Å². The standard InChI is InChI=1S/C5H6Cl2N2/c1-3-2-4(6)8-9-5(3)7/h4H,2H2,1H3. The van der Waals surface area contributed by atoms with Gasteiger partial charge in [-0.25, -0.2) is 0 Å². The Labute approximate surface area is 63.6 Å². The highest BCUT2D eigenvalue weighted by Gasteiger charge is 2.11. The molecule has 1 heterocycles. The minimum atomic E-state index is -0.215. The van der Waals surface area contributed by atoms with Crippen LogP contribution in [0, 0.1) is 0 Å². The van der Waals surface area contributed by atoms with Crippen LogP contribution in [0.25, 0.3) is 0 Å². The second-order valence-corrected chi connectivity index (χ2v) is 2.79. The number of hydrogen-bond acceptors (Lipinski definition) is 2. The highest BCUT2D eigenvalue weighted by Crippen LogP contribution is 2.24. The summed E-state index contributed by atoms with van der Waals surface area (Å²) < 4.78 is 0. The van der Waals surface area contributed by atoms with Gasteiger partial charge in [-0.05, 0) is 12.5 Å². The SMILES string of the molecule is CC1=C(Cl)N=NC(Cl)C1. The minimum absolute atomic E-state index is 0.215. The lowest BCUT2D eigenvalue weighted by Crippen LogP contribution is -1.98. The summed E-state index contributed by atoms with van der Waals surface area (Å²) in [4.78, 5) is 0. The first-order valence-corrected chi connectivity index (χ1v) is 3.42. The third kappa shape index (κ3) is 1.66. The van der Waals surface area contributed by atoms with Gasteiger partial charge in [0.2, 0.25) is 0 Å². The first-order chi connectivity index (χ1) is 4.20. The van der Waals surface area contributed by atoms with Crippen LogP contribution in [-0.2, 0) is 0 Å². The Balaban J connectivity index is 2.75. The molecule has 1 aliphatic heterocycles. The average Bonchev–Trinajstić information content (AvgIpc) is 1.80. The summed E-state index contributed by atoms with van der Waals surface area (Å²) >= 11 is 11.2. The Morgan fingerprint density at radius 1 is 1.67 bits per heavy atom. The molecule has 50 valence electrons. The fraction of sp³-hybridized carbons (Fsp3) is 0.600. The molecule has 2 nitrogen and oxygen atoms in total. The van der Waals surface area contributed by atoms with Crippen LogP contribution in [0.3, 0.4) is 0 Å². The molecule has 4 heteroatoms. The largest absolute Gasteiger partial charge is 0.168 e. The molecule has 0 N–H and O–H groups in total. The van der Waals surface area contributed by atoms with Crippen LogP contribution in [0.4, 0.5) is 0 Å². The predicted octanol–water partition coefficient (Wildman–Crippen LogP) is 2.88. The van der Waals surface area contributed by atoms with E-state index in [2.05, 4.69) is 10.2 Å². The van der Waals surface area contributed by atoms with Gasteiger partial charge in [-0.3, -0.25) is 0 Å². The summed E-state index contributed by atoms with van der Waals surface area (Å²) in [5.74, 6) is 0. The molecule has 0 aromatic heterocycles. The predicted molar refractivity (Wildman–Crippen MR) is 37.7 cm³/mol. The highest BCUT2D eigenvalue weighted by atomic mass is 35.5. The van der Waals surface area contributed by atoms with Crippen LogP contribution >= 0.6 is 23.2 Å². The first-order valence-electron chi connectivity index (χ1n) is 2.60. The van der Waals surface area contributed by atoms with Gasteiger partial charge in [0.1, 0.15) is 10.7 Å². The van der Waals surface area contributed by atoms with Crippen molar-refractivity contribution in [1.29, 1.82) is 0 Å². The van der Waals surface area contributed by atoms with E-state index in [9.17, 15) is 0 Å². The van der Waals surface area contributed by atoms with E-state index in [0.29, 0.717) is 11.6 Å². The normalized spacial score (nSPS) is 27.2. The molecule has 0 fully saturated rings. The van der Waals surface area contributed by atoms with E-state index in [4.69, 9.17) is 23.2 Å². The molecule has 0 amide bonds. The quantitative estimate of drug-likeness (QED) is 0.389. The highest BCUT2D eigenvalue weighted by molar-refractivity contribution is 6.30. The monoisotopic (exact) mass is 164 g/mol. The molecule has 0 saturated carbocycles. The number of azo groups is 1. The molecule has 0 aliphatic carbocycles. The zero-order chi connectivity index (χ0) is 6.85. The van der Waals surface area contributed by atoms with Crippen LogP contribution < -0.4 is 0 Å². The molecule has 1 aliphatic rings. The van der Waals surface area contributed by atoms with Crippen LogP contribution in [-0.4, -0.2) is 5.50 Å². The van der Waals surface area contributed by atoms with Crippen molar-refractivity contribution < 1.29 is 0 Å². The Morgan fingerprint density at radius 3 is 2.78 bits per heavy atom. The van der Waals surface area contributed by atoms with Crippen molar-refractivity contribution in [2.45, 2.75) is 18.8 Å². The van der Waals surface area contributed by atoms with E-state index in [1.807, 2.05) is 6.92 Å². The second-order valence-electron chi connectivity index (χ2n) is 1.93. The van der Waals surface area contributed by atoms with Gasteiger partial charge in [0.25, 0.3) is 0 Å². The second kappa shape index (κ2) is 2.67. The lowest BCUT2D eigenvalue weighted by Gasteiger charge is -2.08. The summed E-state index contributed by atoms with van der Waals surface area (Å²) in [7, 11) is 0. The van der Waals surface area contributed by atoms with Gasteiger partial charge >= 0.3 is 0 Å². The average molecular weight is 165 g/mol. The van der Waals surface area contributed by atoms with Gasteiger partial charge in [-0.15, -0.1) is 5.11 Å². The first kappa shape index (κ1) is 7.03. The Morgan fingerprint density at radius 2 is 2.33 bits per heavy atom. The number of rotatable bonds is 0. The lowest BCUT2D eigenvalue weighted by atomic mass is 10.2. The molecule has 0 saturated heterocycles. The van der Waals surface area contributed by atoms with Gasteiger partial charge < -0.3 is 0 Å². The Kier molecular flexibility index (Phi) is 2.09. The summed E-state index contributed by atoms with van der Waals surface area (Å²) in [6.45, 7) is 1.90. The van der Waals surface area contributed by atoms with Crippen LogP contribution in [0.1, 0.15) is 13.3 Å². The fourth-order valence-electron chi connectivity index (χ4n) is 0.576. The minimum Gasteiger partial charge on any atom is -0.168 e. The van der Waals surface area contributed by atoms with Crippen molar-refractivity contribution in [3.8, 4) is 0 Å². The van der Waals surface area contributed by atoms with E-state index in [1.54, 1.807) is 0 Å². The van der Waals surface area contributed by atoms with Crippen LogP contribution in [0.5, 0.6) is 0 Å². The van der Waals surface area contributed by atoms with Crippen molar-refractivity contribution in [2.24, 2.45) is 10.2 Å². The molecule has 0 aromatic rings. The molecule has 1 atom stereocenters. The molecule has 0 aromatic carbocycles. The van der Waals surface area contributed by atoms with Gasteiger partial charge in [0.05, 0.1) is 0 Å². The summed E-state index contributed by atoms with van der Waals surface area (Å²) in [6.07, 6.45) is 0.712. The van der Waals surface area contributed by atoms with Crippen molar-refractivity contribution in [2.75, 3.05) is 0 Å². The van der Waals surface area contributed by atoms with Gasteiger partial charge in [0.15, 0.2) is 0 Å². The fourth-order valence-corrected chi connectivity index (χ4v) is 0.972. The van der Waals surface area contributed by atoms with Crippen molar-refractivity contribution in [3.63, 3.8) is 0 Å². The van der Waals surface area contributed by atoms with Gasteiger partial charge in [0, 0.05) is 6.42 Å². The zero-order valence-electron chi connectivity index (χ0n) is 4.93. The van der Waals surface area contributed by atoms with E-state index in [0.717, 1.165) is 5.57 Å². The topological polar surface area (TPSA) is 24.7 Å². The third-order valence-corrected chi connectivity index (χ3v) is 1.74. The molecular formula is C5H6Cl2N2. The molecule has 0 radical (unpaired) electrons. The van der Waals surface area contributed by atoms with Crippen molar-refractivity contribution >= 4 is 23.2 Å². The molecule has 9 heavy (non-hydrogen) atoms. The molecule has 0 spiro atoms. The van der Waals surface area contributed by atoms with Crippen LogP contribution in [0.15, 0.2) is 21.0 Å². The van der Waals surface area contributed by atoms with E-state index >= 15 is 0 Å². The summed E-state index contributed by atoms with van der Waals surface area (Å²) in [5, 5.41) is 7.77. The molecule has 1 rings (SSSR count). The Bertz CT molecular complexity index is 174. The maximum atomic E-state index is 5.62. The number of alkyl halides is 1. The maximum absolute atomic E-state index is 5.62. The van der Waals surface area contributed by atoms with Gasteiger partial charge in [-0.1, -0.05) is 23.2 Å².